The number of benzene rings is 1. The molecule has 0 spiro atoms. The van der Waals surface area contributed by atoms with Gasteiger partial charge in [-0.3, -0.25) is 9.59 Å². The monoisotopic (exact) mass is 259 g/mol. The van der Waals surface area contributed by atoms with E-state index in [0.717, 1.165) is 24.8 Å². The Morgan fingerprint density at radius 3 is 2.89 bits per heavy atom. The number of unbranched alkanes of at least 4 members (excludes halogenated alkanes) is 3. The van der Waals surface area contributed by atoms with Gasteiger partial charge < -0.3 is 5.32 Å². The number of ketones is 1. The Morgan fingerprint density at radius 1 is 1.26 bits per heavy atom. The number of hydrogen-bond acceptors (Lipinski definition) is 2. The van der Waals surface area contributed by atoms with Crippen LogP contribution in [0.15, 0.2) is 18.2 Å². The summed E-state index contributed by atoms with van der Waals surface area (Å²) < 4.78 is 0. The maximum atomic E-state index is 12.1. The minimum absolute atomic E-state index is 0.0538. The lowest BCUT2D eigenvalue weighted by atomic mass is 9.95. The number of Topliss-reactive ketones (excluding diaryl/α,β-unsaturated/α-hetero) is 1. The molecule has 3 nitrogen and oxygen atoms in total. The highest BCUT2D eigenvalue weighted by atomic mass is 16.1. The summed E-state index contributed by atoms with van der Waals surface area (Å²) in [6, 6.07) is 5.54. The molecule has 0 fully saturated rings. The fraction of sp³-hybridized carbons (Fsp3) is 0.500. The molecule has 0 aromatic heterocycles. The highest BCUT2D eigenvalue weighted by molar-refractivity contribution is 6.02. The molecule has 1 N–H and O–H groups in total. The van der Waals surface area contributed by atoms with Crippen molar-refractivity contribution in [2.24, 2.45) is 0 Å². The van der Waals surface area contributed by atoms with Gasteiger partial charge in [-0.1, -0.05) is 38.3 Å². The molecular weight excluding hydrogens is 238 g/mol. The van der Waals surface area contributed by atoms with Gasteiger partial charge >= 0.3 is 0 Å². The molecule has 1 aromatic rings. The Bertz CT molecular complexity index is 480. The molecule has 1 heterocycles. The smallest absolute Gasteiger partial charge is 0.251 e. The first-order valence-electron chi connectivity index (χ1n) is 7.16. The van der Waals surface area contributed by atoms with Gasteiger partial charge in [0.05, 0.1) is 0 Å². The van der Waals surface area contributed by atoms with Crippen molar-refractivity contribution in [3.8, 4) is 0 Å². The first kappa shape index (κ1) is 13.8. The van der Waals surface area contributed by atoms with Crippen LogP contribution in [0.25, 0.3) is 0 Å². The molecule has 0 unspecified atom stereocenters. The maximum absolute atomic E-state index is 12.1. The van der Waals surface area contributed by atoms with E-state index in [1.807, 2.05) is 12.1 Å². The lowest BCUT2D eigenvalue weighted by molar-refractivity contribution is 0.0946. The summed E-state index contributed by atoms with van der Waals surface area (Å²) in [6.45, 7) is 2.85. The van der Waals surface area contributed by atoms with Crippen molar-refractivity contribution in [1.29, 1.82) is 0 Å². The molecule has 0 atom stereocenters. The first-order valence-corrected chi connectivity index (χ1v) is 7.16. The van der Waals surface area contributed by atoms with Crippen LogP contribution in [-0.4, -0.2) is 18.2 Å². The van der Waals surface area contributed by atoms with Crippen LogP contribution in [0.5, 0.6) is 0 Å². The van der Waals surface area contributed by atoms with Crippen LogP contribution in [0.3, 0.4) is 0 Å². The molecule has 1 aromatic carbocycles. The molecule has 1 aliphatic rings. The standard InChI is InChI=1S/C16H21NO2/c1-2-3-4-5-6-15(18)13-8-7-12-9-10-17-16(19)14(12)11-13/h7-8,11H,2-6,9-10H2,1H3,(H,17,19). The van der Waals surface area contributed by atoms with Crippen molar-refractivity contribution in [2.45, 2.75) is 45.4 Å². The fourth-order valence-electron chi connectivity index (χ4n) is 2.44. The van der Waals surface area contributed by atoms with Crippen LogP contribution in [0, 0.1) is 0 Å². The van der Waals surface area contributed by atoms with Crippen molar-refractivity contribution in [3.05, 3.63) is 34.9 Å². The normalized spacial score (nSPS) is 13.8. The summed E-state index contributed by atoms with van der Waals surface area (Å²) in [6.07, 6.45) is 5.84. The zero-order chi connectivity index (χ0) is 13.7. The highest BCUT2D eigenvalue weighted by Gasteiger charge is 2.18. The van der Waals surface area contributed by atoms with Gasteiger partial charge in [-0.05, 0) is 24.5 Å². The molecule has 0 bridgehead atoms. The minimum atomic E-state index is -0.0538. The Hall–Kier alpha value is -1.64. The van der Waals surface area contributed by atoms with Gasteiger partial charge in [0.15, 0.2) is 5.78 Å². The number of amides is 1. The zero-order valence-electron chi connectivity index (χ0n) is 11.5. The molecule has 0 saturated heterocycles. The molecule has 1 aliphatic heterocycles. The summed E-state index contributed by atoms with van der Waals surface area (Å²) in [5.41, 5.74) is 2.39. The Kier molecular flexibility index (Phi) is 4.72. The third-order valence-electron chi connectivity index (χ3n) is 3.61. The van der Waals surface area contributed by atoms with Gasteiger partial charge in [0.2, 0.25) is 0 Å². The van der Waals surface area contributed by atoms with Crippen molar-refractivity contribution >= 4 is 11.7 Å². The van der Waals surface area contributed by atoms with Crippen molar-refractivity contribution in [3.63, 3.8) is 0 Å². The lowest BCUT2D eigenvalue weighted by Gasteiger charge is -2.16. The fourth-order valence-corrected chi connectivity index (χ4v) is 2.44. The van der Waals surface area contributed by atoms with Crippen molar-refractivity contribution in [1.82, 2.24) is 5.32 Å². The van der Waals surface area contributed by atoms with Crippen LogP contribution in [0.4, 0.5) is 0 Å². The molecule has 2 rings (SSSR count). The topological polar surface area (TPSA) is 46.2 Å². The number of hydrogen-bond donors (Lipinski definition) is 1. The number of carbonyl (C=O) groups is 2. The van der Waals surface area contributed by atoms with Gasteiger partial charge in [0.1, 0.15) is 0 Å². The van der Waals surface area contributed by atoms with E-state index in [9.17, 15) is 9.59 Å². The predicted octanol–water partition coefficient (Wildman–Crippen LogP) is 3.13. The highest BCUT2D eigenvalue weighted by Crippen LogP contribution is 2.18. The van der Waals surface area contributed by atoms with E-state index in [1.54, 1.807) is 6.07 Å². The van der Waals surface area contributed by atoms with Crippen molar-refractivity contribution in [2.75, 3.05) is 6.54 Å². The van der Waals surface area contributed by atoms with E-state index >= 15 is 0 Å². The third-order valence-corrected chi connectivity index (χ3v) is 3.61. The summed E-state index contributed by atoms with van der Waals surface area (Å²) in [4.78, 5) is 23.8. The maximum Gasteiger partial charge on any atom is 0.251 e. The first-order chi connectivity index (χ1) is 9.22. The molecule has 0 radical (unpaired) electrons. The van der Waals surface area contributed by atoms with E-state index in [1.165, 1.54) is 12.8 Å². The van der Waals surface area contributed by atoms with E-state index < -0.39 is 0 Å². The van der Waals surface area contributed by atoms with Gasteiger partial charge in [0.25, 0.3) is 5.91 Å². The average molecular weight is 259 g/mol. The van der Waals surface area contributed by atoms with E-state index in [2.05, 4.69) is 12.2 Å². The number of carbonyl (C=O) groups excluding carboxylic acids is 2. The summed E-state index contributed by atoms with van der Waals surface area (Å²) >= 11 is 0. The van der Waals surface area contributed by atoms with Gasteiger partial charge in [-0.25, -0.2) is 0 Å². The van der Waals surface area contributed by atoms with E-state index in [0.29, 0.717) is 24.1 Å². The van der Waals surface area contributed by atoms with Crippen LogP contribution in [-0.2, 0) is 6.42 Å². The SMILES string of the molecule is CCCCCCC(=O)c1ccc2c(c1)C(=O)NCC2. The van der Waals surface area contributed by atoms with Gasteiger partial charge in [-0.2, -0.15) is 0 Å². The summed E-state index contributed by atoms with van der Waals surface area (Å²) in [5.74, 6) is 0.0964. The van der Waals surface area contributed by atoms with E-state index in [-0.39, 0.29) is 11.7 Å². The third kappa shape index (κ3) is 3.43. The van der Waals surface area contributed by atoms with Crippen LogP contribution < -0.4 is 5.32 Å². The van der Waals surface area contributed by atoms with Crippen LogP contribution in [0.2, 0.25) is 0 Å². The summed E-state index contributed by atoms with van der Waals surface area (Å²) in [5, 5.41) is 2.81. The van der Waals surface area contributed by atoms with Gasteiger partial charge in [-0.15, -0.1) is 0 Å². The van der Waals surface area contributed by atoms with Gasteiger partial charge in [0, 0.05) is 24.1 Å². The second-order valence-corrected chi connectivity index (χ2v) is 5.11. The Balaban J connectivity index is 2.02. The predicted molar refractivity (Wildman–Crippen MR) is 75.6 cm³/mol. The molecule has 0 aliphatic carbocycles. The zero-order valence-corrected chi connectivity index (χ0v) is 11.5. The quantitative estimate of drug-likeness (QED) is 0.630. The molecular formula is C16H21NO2. The minimum Gasteiger partial charge on any atom is -0.352 e. The molecule has 102 valence electrons. The molecule has 19 heavy (non-hydrogen) atoms. The summed E-state index contributed by atoms with van der Waals surface area (Å²) in [7, 11) is 0. The lowest BCUT2D eigenvalue weighted by Crippen LogP contribution is -2.31. The van der Waals surface area contributed by atoms with Crippen LogP contribution in [0.1, 0.15) is 65.3 Å². The van der Waals surface area contributed by atoms with Crippen LogP contribution >= 0.6 is 0 Å². The Labute approximate surface area is 114 Å². The molecule has 3 heteroatoms. The average Bonchev–Trinajstić information content (AvgIpc) is 2.43. The second-order valence-electron chi connectivity index (χ2n) is 5.11. The van der Waals surface area contributed by atoms with E-state index in [4.69, 9.17) is 0 Å². The molecule has 1 amide bonds. The second kappa shape index (κ2) is 6.50. The Morgan fingerprint density at radius 2 is 2.11 bits per heavy atom. The number of rotatable bonds is 6. The molecule has 0 saturated carbocycles. The van der Waals surface area contributed by atoms with Crippen molar-refractivity contribution < 1.29 is 9.59 Å². The number of fused-ring (bicyclic) bond motifs is 1. The largest absolute Gasteiger partial charge is 0.352 e. The number of nitrogens with one attached hydrogen (secondary N) is 1.